The summed E-state index contributed by atoms with van der Waals surface area (Å²) in [4.78, 5) is 70.5. The fraction of sp³-hybridized carbons (Fsp3) is 0.324. The highest BCUT2D eigenvalue weighted by Gasteiger charge is 2.69. The second-order valence-electron chi connectivity index (χ2n) is 13.0. The lowest BCUT2D eigenvalue weighted by Crippen LogP contribution is -2.42. The van der Waals surface area contributed by atoms with E-state index in [4.69, 9.17) is 9.47 Å². The molecule has 4 unspecified atom stereocenters. The molecule has 3 heterocycles. The number of H-pyrrole nitrogens is 1. The lowest BCUT2D eigenvalue weighted by atomic mass is 9.68. The maximum absolute atomic E-state index is 14.1. The monoisotopic (exact) mass is 695 g/mol. The molecule has 7 atom stereocenters. The van der Waals surface area contributed by atoms with Gasteiger partial charge in [-0.2, -0.15) is 0 Å². The largest absolute Gasteiger partial charge is 0.484 e. The van der Waals surface area contributed by atoms with Gasteiger partial charge in [0.2, 0.25) is 11.8 Å². The first-order valence-corrected chi connectivity index (χ1v) is 18.1. The maximum atomic E-state index is 14.1. The summed E-state index contributed by atoms with van der Waals surface area (Å²) in [7, 11) is 0. The van der Waals surface area contributed by atoms with E-state index in [2.05, 4.69) is 10.3 Å². The average molecular weight is 696 g/mol. The Bertz CT molecular complexity index is 2040. The van der Waals surface area contributed by atoms with Crippen molar-refractivity contribution in [1.29, 1.82) is 0 Å². The number of nitrogens with zero attached hydrogens (tertiary/aromatic N) is 1. The standard InChI is InChI=1S/C37H33N3O7S2/c1-3-46-36(44)20-7-11-22(12-8-20)40-34(42)29-24-16-25(30(29)35(40)43)31-28(24)27(32-33(48-31)39-37(45)49-32)19-9-13-23(14-10-19)47-17-26(41)38-21-6-4-5-18(2)15-21/h4-15,24-25,27-31H,3,16-17H2,1-2H3,(H,38,41)(H,39,45)/t24-,25-,27-,28?,29?,30?,31?/m1/s1. The predicted octanol–water partition coefficient (Wildman–Crippen LogP) is 5.62. The third kappa shape index (κ3) is 5.37. The van der Waals surface area contributed by atoms with Crippen LogP contribution in [0.5, 0.6) is 5.75 Å². The van der Waals surface area contributed by atoms with Crippen LogP contribution >= 0.6 is 23.1 Å². The van der Waals surface area contributed by atoms with Gasteiger partial charge in [0.1, 0.15) is 5.75 Å². The number of rotatable bonds is 8. The number of thioether (sulfide) groups is 1. The van der Waals surface area contributed by atoms with E-state index in [1.165, 1.54) is 16.2 Å². The minimum atomic E-state index is -0.455. The molecule has 3 aromatic carbocycles. The lowest BCUT2D eigenvalue weighted by Gasteiger charge is -2.43. The van der Waals surface area contributed by atoms with Gasteiger partial charge in [0.15, 0.2) is 6.61 Å². The quantitative estimate of drug-likeness (QED) is 0.179. The molecule has 8 rings (SSSR count). The van der Waals surface area contributed by atoms with Gasteiger partial charge in [-0.05, 0) is 97.7 Å². The number of nitrogens with one attached hydrogen (secondary N) is 2. The third-order valence-corrected chi connectivity index (χ3v) is 12.9. The van der Waals surface area contributed by atoms with Crippen LogP contribution in [0.1, 0.15) is 45.6 Å². The number of fused-ring (bicyclic) bond motifs is 9. The molecule has 4 aliphatic rings. The summed E-state index contributed by atoms with van der Waals surface area (Å²) in [5.41, 5.74) is 3.56. The molecule has 0 radical (unpaired) electrons. The molecule has 250 valence electrons. The minimum absolute atomic E-state index is 0.0150. The van der Waals surface area contributed by atoms with Gasteiger partial charge < -0.3 is 19.8 Å². The van der Waals surface area contributed by atoms with Crippen LogP contribution < -0.4 is 19.8 Å². The fourth-order valence-corrected chi connectivity index (χ4v) is 11.3. The number of aromatic nitrogens is 1. The molecule has 1 aromatic heterocycles. The van der Waals surface area contributed by atoms with Gasteiger partial charge in [-0.15, -0.1) is 11.8 Å². The topological polar surface area (TPSA) is 135 Å². The van der Waals surface area contributed by atoms with Crippen molar-refractivity contribution in [2.45, 2.75) is 36.5 Å². The molecule has 10 nitrogen and oxygen atoms in total. The van der Waals surface area contributed by atoms with Crippen molar-refractivity contribution in [3.63, 3.8) is 0 Å². The number of carbonyl (C=O) groups is 4. The molecule has 2 saturated carbocycles. The number of anilines is 2. The molecular formula is C37H33N3O7S2. The Hall–Kier alpha value is -4.68. The van der Waals surface area contributed by atoms with E-state index in [9.17, 15) is 24.0 Å². The summed E-state index contributed by atoms with van der Waals surface area (Å²) in [5, 5.41) is 3.74. The molecular weight excluding hydrogens is 663 g/mol. The minimum Gasteiger partial charge on any atom is -0.484 e. The van der Waals surface area contributed by atoms with Crippen molar-refractivity contribution in [3.8, 4) is 5.75 Å². The second kappa shape index (κ2) is 12.3. The summed E-state index contributed by atoms with van der Waals surface area (Å²) in [6, 6.07) is 21.6. The molecule has 1 saturated heterocycles. The number of ether oxygens (including phenoxy) is 2. The zero-order valence-corrected chi connectivity index (χ0v) is 28.3. The van der Waals surface area contributed by atoms with Gasteiger partial charge in [-0.3, -0.25) is 24.1 Å². The number of thiazole rings is 1. The van der Waals surface area contributed by atoms with E-state index in [1.54, 1.807) is 43.0 Å². The smallest absolute Gasteiger partial charge is 0.338 e. The van der Waals surface area contributed by atoms with Crippen LogP contribution in [-0.4, -0.2) is 47.1 Å². The Balaban J connectivity index is 1.03. The van der Waals surface area contributed by atoms with Crippen LogP contribution in [0.25, 0.3) is 0 Å². The van der Waals surface area contributed by atoms with E-state index >= 15 is 0 Å². The Labute approximate surface area is 290 Å². The summed E-state index contributed by atoms with van der Waals surface area (Å²) < 4.78 is 10.9. The highest BCUT2D eigenvalue weighted by Crippen LogP contribution is 2.68. The van der Waals surface area contributed by atoms with Crippen molar-refractivity contribution >= 4 is 58.2 Å². The maximum Gasteiger partial charge on any atom is 0.338 e. The van der Waals surface area contributed by atoms with Gasteiger partial charge in [-0.1, -0.05) is 35.6 Å². The number of carbonyl (C=O) groups excluding carboxylic acids is 4. The van der Waals surface area contributed by atoms with Gasteiger partial charge in [0.05, 0.1) is 34.7 Å². The van der Waals surface area contributed by atoms with Crippen LogP contribution in [0.2, 0.25) is 0 Å². The van der Waals surface area contributed by atoms with Gasteiger partial charge in [-0.25, -0.2) is 4.79 Å². The van der Waals surface area contributed by atoms with Crippen molar-refractivity contribution in [2.24, 2.45) is 29.6 Å². The molecule has 4 aromatic rings. The normalized spacial score (nSPS) is 26.2. The van der Waals surface area contributed by atoms with Crippen LogP contribution in [0.4, 0.5) is 11.4 Å². The first-order valence-electron chi connectivity index (χ1n) is 16.4. The Kier molecular flexibility index (Phi) is 7.95. The van der Waals surface area contributed by atoms with Crippen molar-refractivity contribution in [2.75, 3.05) is 23.4 Å². The summed E-state index contributed by atoms with van der Waals surface area (Å²) in [6.45, 7) is 3.80. The second-order valence-corrected chi connectivity index (χ2v) is 15.2. The third-order valence-electron chi connectivity index (χ3n) is 10.3. The van der Waals surface area contributed by atoms with E-state index in [0.717, 1.165) is 27.5 Å². The van der Waals surface area contributed by atoms with E-state index in [-0.39, 0.29) is 64.7 Å². The number of aryl methyl sites for hydroxylation is 1. The Morgan fingerprint density at radius 3 is 2.41 bits per heavy atom. The zero-order valence-electron chi connectivity index (χ0n) is 26.7. The van der Waals surface area contributed by atoms with Crippen LogP contribution in [0.15, 0.2) is 82.6 Å². The number of hydrogen-bond acceptors (Lipinski definition) is 9. The number of amides is 3. The molecule has 3 amide bonds. The lowest BCUT2D eigenvalue weighted by molar-refractivity contribution is -0.123. The number of benzene rings is 3. The summed E-state index contributed by atoms with van der Waals surface area (Å²) >= 11 is 2.84. The van der Waals surface area contributed by atoms with Gasteiger partial charge in [0, 0.05) is 21.7 Å². The number of hydrogen-bond donors (Lipinski definition) is 2. The van der Waals surface area contributed by atoms with Crippen LogP contribution in [-0.2, 0) is 19.1 Å². The molecule has 2 bridgehead atoms. The number of aromatic amines is 1. The molecule has 12 heteroatoms. The van der Waals surface area contributed by atoms with Crippen molar-refractivity contribution < 1.29 is 28.7 Å². The first-order chi connectivity index (χ1) is 23.7. The average Bonchev–Trinajstić information content (AvgIpc) is 3.83. The highest BCUT2D eigenvalue weighted by molar-refractivity contribution is 8.00. The summed E-state index contributed by atoms with van der Waals surface area (Å²) in [6.07, 6.45) is 0.775. The van der Waals surface area contributed by atoms with E-state index in [1.807, 2.05) is 55.5 Å². The molecule has 0 spiro atoms. The SMILES string of the molecule is CCOC(=O)c1ccc(N2C(=O)C3C(C2=O)[C@@H]2C[C@H]3C3Sc4[nH]c(=O)sc4[C@H](c4ccc(OCC(=O)Nc5cccc(C)c5)cc4)C32)cc1. The first kappa shape index (κ1) is 31.6. The molecule has 2 N–H and O–H groups in total. The van der Waals surface area contributed by atoms with E-state index < -0.39 is 17.8 Å². The van der Waals surface area contributed by atoms with E-state index in [0.29, 0.717) is 22.7 Å². The van der Waals surface area contributed by atoms with Crippen molar-refractivity contribution in [3.05, 3.63) is 104 Å². The Morgan fingerprint density at radius 2 is 1.69 bits per heavy atom. The van der Waals surface area contributed by atoms with Crippen LogP contribution in [0.3, 0.4) is 0 Å². The number of imide groups is 1. The predicted molar refractivity (Wildman–Crippen MR) is 185 cm³/mol. The Morgan fingerprint density at radius 1 is 0.959 bits per heavy atom. The molecule has 3 fully saturated rings. The molecule has 2 aliphatic carbocycles. The summed E-state index contributed by atoms with van der Waals surface area (Å²) in [5.74, 6) is -1.59. The van der Waals surface area contributed by atoms with Gasteiger partial charge in [0.25, 0.3) is 5.91 Å². The fourth-order valence-electron chi connectivity index (χ4n) is 8.45. The molecule has 2 aliphatic heterocycles. The van der Waals surface area contributed by atoms with Gasteiger partial charge >= 0.3 is 10.8 Å². The highest BCUT2D eigenvalue weighted by atomic mass is 32.2. The van der Waals surface area contributed by atoms with Crippen molar-refractivity contribution in [1.82, 2.24) is 4.98 Å². The van der Waals surface area contributed by atoms with Crippen LogP contribution in [0, 0.1) is 36.5 Å². The molecule has 49 heavy (non-hydrogen) atoms. The number of esters is 1. The zero-order chi connectivity index (χ0) is 34.0.